The van der Waals surface area contributed by atoms with Crippen molar-refractivity contribution < 1.29 is 19.1 Å². The van der Waals surface area contributed by atoms with E-state index in [1.54, 1.807) is 6.92 Å². The Morgan fingerprint density at radius 2 is 2.15 bits per heavy atom. The van der Waals surface area contributed by atoms with Crippen LogP contribution in [0.25, 0.3) is 0 Å². The van der Waals surface area contributed by atoms with Gasteiger partial charge in [0.1, 0.15) is 17.6 Å². The van der Waals surface area contributed by atoms with Crippen molar-refractivity contribution in [3.63, 3.8) is 0 Å². The molecule has 1 aromatic heterocycles. The fraction of sp³-hybridized carbons (Fsp3) is 0.455. The molecule has 0 spiro atoms. The number of nitrogens with zero attached hydrogens (tertiary/aromatic N) is 2. The lowest BCUT2D eigenvalue weighted by molar-refractivity contribution is -0.142. The van der Waals surface area contributed by atoms with Gasteiger partial charge in [-0.25, -0.2) is 4.68 Å². The number of halogens is 1. The molecule has 8 nitrogen and oxygen atoms in total. The van der Waals surface area contributed by atoms with Crippen molar-refractivity contribution >= 4 is 33.6 Å². The molecular weight excluding hydrogens is 334 g/mol. The Bertz CT molecular complexity index is 557. The minimum absolute atomic E-state index is 0.0887. The van der Waals surface area contributed by atoms with Gasteiger partial charge in [-0.1, -0.05) is 0 Å². The number of aromatic nitrogens is 2. The minimum Gasteiger partial charge on any atom is -0.468 e. The molecule has 0 aromatic carbocycles. The fourth-order valence-corrected chi connectivity index (χ4v) is 1.71. The van der Waals surface area contributed by atoms with E-state index in [1.807, 2.05) is 0 Å². The van der Waals surface area contributed by atoms with Gasteiger partial charge in [-0.05, 0) is 22.9 Å². The third kappa shape index (κ3) is 4.34. The molecule has 0 aliphatic carbocycles. The zero-order valence-corrected chi connectivity index (χ0v) is 12.6. The van der Waals surface area contributed by atoms with E-state index in [4.69, 9.17) is 4.74 Å². The SMILES string of the molecule is CCOC(=O)CNc1cnn(CC(=O)OC)c(=O)c1Br. The molecule has 1 N–H and O–H groups in total. The maximum atomic E-state index is 11.9. The first kappa shape index (κ1) is 16.2. The molecule has 0 bridgehead atoms. The van der Waals surface area contributed by atoms with Crippen LogP contribution in [-0.2, 0) is 25.6 Å². The predicted octanol–water partition coefficient (Wildman–Crippen LogP) is 0.154. The third-order valence-electron chi connectivity index (χ3n) is 2.22. The quantitative estimate of drug-likeness (QED) is 0.731. The number of rotatable bonds is 6. The molecule has 110 valence electrons. The summed E-state index contributed by atoms with van der Waals surface area (Å²) in [5.74, 6) is -1.03. The van der Waals surface area contributed by atoms with Crippen LogP contribution in [0.4, 0.5) is 5.69 Å². The highest BCUT2D eigenvalue weighted by Gasteiger charge is 2.12. The van der Waals surface area contributed by atoms with Crippen LogP contribution in [0.15, 0.2) is 15.5 Å². The summed E-state index contributed by atoms with van der Waals surface area (Å²) in [5.41, 5.74) is -0.173. The van der Waals surface area contributed by atoms with E-state index in [0.717, 1.165) is 4.68 Å². The minimum atomic E-state index is -0.585. The molecule has 1 heterocycles. The van der Waals surface area contributed by atoms with E-state index in [2.05, 4.69) is 31.1 Å². The van der Waals surface area contributed by atoms with Crippen molar-refractivity contribution in [2.75, 3.05) is 25.6 Å². The summed E-state index contributed by atoms with van der Waals surface area (Å²) in [7, 11) is 1.22. The van der Waals surface area contributed by atoms with Crippen molar-refractivity contribution in [1.29, 1.82) is 0 Å². The smallest absolute Gasteiger partial charge is 0.327 e. The van der Waals surface area contributed by atoms with Gasteiger partial charge in [0.2, 0.25) is 0 Å². The van der Waals surface area contributed by atoms with E-state index in [1.165, 1.54) is 13.3 Å². The Hall–Kier alpha value is -1.90. The molecule has 0 fully saturated rings. The van der Waals surface area contributed by atoms with Crippen LogP contribution in [0.3, 0.4) is 0 Å². The molecule has 0 aliphatic rings. The molecule has 0 saturated heterocycles. The lowest BCUT2D eigenvalue weighted by atomic mass is 10.4. The van der Waals surface area contributed by atoms with E-state index in [9.17, 15) is 14.4 Å². The first-order valence-electron chi connectivity index (χ1n) is 5.71. The second kappa shape index (κ2) is 7.63. The number of ether oxygens (including phenoxy) is 2. The van der Waals surface area contributed by atoms with Gasteiger partial charge in [0.05, 0.1) is 25.6 Å². The average Bonchev–Trinajstić information content (AvgIpc) is 2.43. The number of esters is 2. The molecule has 1 rings (SSSR count). The van der Waals surface area contributed by atoms with Gasteiger partial charge in [-0.15, -0.1) is 0 Å². The first-order chi connectivity index (χ1) is 9.49. The zero-order chi connectivity index (χ0) is 15.1. The Morgan fingerprint density at radius 3 is 2.75 bits per heavy atom. The summed E-state index contributed by atoms with van der Waals surface area (Å²) < 4.78 is 10.3. The maximum absolute atomic E-state index is 11.9. The molecule has 0 unspecified atom stereocenters. The molecule has 0 amide bonds. The Kier molecular flexibility index (Phi) is 6.16. The molecule has 0 saturated carbocycles. The van der Waals surface area contributed by atoms with Crippen LogP contribution in [0.1, 0.15) is 6.92 Å². The van der Waals surface area contributed by atoms with Gasteiger partial charge in [0, 0.05) is 0 Å². The van der Waals surface area contributed by atoms with Crippen LogP contribution in [0.2, 0.25) is 0 Å². The van der Waals surface area contributed by atoms with E-state index >= 15 is 0 Å². The third-order valence-corrected chi connectivity index (χ3v) is 2.99. The van der Waals surface area contributed by atoms with Crippen LogP contribution < -0.4 is 10.9 Å². The van der Waals surface area contributed by atoms with E-state index in [-0.39, 0.29) is 24.2 Å². The maximum Gasteiger partial charge on any atom is 0.327 e. The summed E-state index contributed by atoms with van der Waals surface area (Å²) in [6.07, 6.45) is 1.33. The van der Waals surface area contributed by atoms with Crippen LogP contribution in [0.5, 0.6) is 0 Å². The van der Waals surface area contributed by atoms with Gasteiger partial charge in [0.25, 0.3) is 5.56 Å². The number of methoxy groups -OCH3 is 1. The molecule has 0 atom stereocenters. The lowest BCUT2D eigenvalue weighted by Crippen LogP contribution is -2.29. The zero-order valence-electron chi connectivity index (χ0n) is 11.0. The van der Waals surface area contributed by atoms with Gasteiger partial charge in [0.15, 0.2) is 0 Å². The second-order valence-electron chi connectivity index (χ2n) is 3.57. The summed E-state index contributed by atoms with van der Waals surface area (Å²) >= 11 is 3.09. The molecule has 9 heteroatoms. The molecule has 0 aliphatic heterocycles. The number of nitrogens with one attached hydrogen (secondary N) is 1. The van der Waals surface area contributed by atoms with Gasteiger partial charge in [-0.2, -0.15) is 5.10 Å². The number of carbonyl (C=O) groups excluding carboxylic acids is 2. The fourth-order valence-electron chi connectivity index (χ4n) is 1.27. The molecule has 1 aromatic rings. The molecule has 20 heavy (non-hydrogen) atoms. The summed E-state index contributed by atoms with van der Waals surface area (Å²) in [6.45, 7) is 1.60. The topological polar surface area (TPSA) is 99.5 Å². The van der Waals surface area contributed by atoms with Crippen molar-refractivity contribution in [3.05, 3.63) is 21.0 Å². The highest BCUT2D eigenvalue weighted by molar-refractivity contribution is 9.10. The summed E-state index contributed by atoms with van der Waals surface area (Å²) in [4.78, 5) is 34.2. The van der Waals surface area contributed by atoms with Gasteiger partial charge in [-0.3, -0.25) is 14.4 Å². The van der Waals surface area contributed by atoms with Crippen LogP contribution in [0, 0.1) is 0 Å². The largest absolute Gasteiger partial charge is 0.468 e. The van der Waals surface area contributed by atoms with Gasteiger partial charge >= 0.3 is 11.9 Å². The molecular formula is C11H14BrN3O5. The summed E-state index contributed by atoms with van der Waals surface area (Å²) in [5, 5.41) is 6.53. The van der Waals surface area contributed by atoms with Crippen molar-refractivity contribution in [3.8, 4) is 0 Å². The standard InChI is InChI=1S/C11H14BrN3O5/c1-3-20-8(16)5-13-7-4-14-15(6-9(17)19-2)11(18)10(7)12/h4,13H,3,5-6H2,1-2H3. The van der Waals surface area contributed by atoms with Crippen molar-refractivity contribution in [2.24, 2.45) is 0 Å². The number of anilines is 1. The van der Waals surface area contributed by atoms with E-state index in [0.29, 0.717) is 5.69 Å². The van der Waals surface area contributed by atoms with Crippen molar-refractivity contribution in [1.82, 2.24) is 9.78 Å². The Morgan fingerprint density at radius 1 is 1.45 bits per heavy atom. The normalized spacial score (nSPS) is 9.95. The van der Waals surface area contributed by atoms with Crippen LogP contribution in [-0.4, -0.2) is 42.0 Å². The molecule has 0 radical (unpaired) electrons. The lowest BCUT2D eigenvalue weighted by Gasteiger charge is -2.09. The van der Waals surface area contributed by atoms with Crippen molar-refractivity contribution in [2.45, 2.75) is 13.5 Å². The summed E-state index contributed by atoms with van der Waals surface area (Å²) in [6, 6.07) is 0. The highest BCUT2D eigenvalue weighted by atomic mass is 79.9. The van der Waals surface area contributed by atoms with Gasteiger partial charge < -0.3 is 14.8 Å². The number of carbonyl (C=O) groups is 2. The van der Waals surface area contributed by atoms with Crippen LogP contribution >= 0.6 is 15.9 Å². The Labute approximate surface area is 123 Å². The number of hydrogen-bond acceptors (Lipinski definition) is 7. The predicted molar refractivity (Wildman–Crippen MR) is 73.3 cm³/mol. The number of hydrogen-bond donors (Lipinski definition) is 1. The second-order valence-corrected chi connectivity index (χ2v) is 4.36. The highest BCUT2D eigenvalue weighted by Crippen LogP contribution is 2.15. The monoisotopic (exact) mass is 347 g/mol. The first-order valence-corrected chi connectivity index (χ1v) is 6.50. The van der Waals surface area contributed by atoms with E-state index < -0.39 is 17.5 Å². The Balaban J connectivity index is 2.81. The average molecular weight is 348 g/mol.